The molecule has 6 heteroatoms. The Labute approximate surface area is 125 Å². The lowest BCUT2D eigenvalue weighted by Crippen LogP contribution is -2.48. The average molecular weight is 311 g/mol. The summed E-state index contributed by atoms with van der Waals surface area (Å²) < 4.78 is 43.5. The zero-order valence-electron chi connectivity index (χ0n) is 13.0. The molecule has 2 N–H and O–H groups in total. The molecule has 0 bridgehead atoms. The maximum atomic E-state index is 12.7. The summed E-state index contributed by atoms with van der Waals surface area (Å²) in [5, 5.41) is 12.2. The number of ether oxygens (including phenoxy) is 1. The molecule has 1 rings (SSSR count). The molecule has 0 heterocycles. The zero-order chi connectivity index (χ0) is 15.9. The fourth-order valence-electron chi connectivity index (χ4n) is 2.33. The first-order chi connectivity index (χ1) is 9.84. The van der Waals surface area contributed by atoms with Crippen molar-refractivity contribution < 1.29 is 23.0 Å². The Bertz CT molecular complexity index is 293. The molecule has 1 aliphatic rings. The van der Waals surface area contributed by atoms with Crippen LogP contribution < -0.4 is 5.32 Å². The van der Waals surface area contributed by atoms with Gasteiger partial charge < -0.3 is 15.2 Å². The minimum Gasteiger partial charge on any atom is -0.389 e. The Morgan fingerprint density at radius 3 is 2.38 bits per heavy atom. The van der Waals surface area contributed by atoms with Gasteiger partial charge in [-0.05, 0) is 25.2 Å². The van der Waals surface area contributed by atoms with Crippen molar-refractivity contribution in [1.82, 2.24) is 5.32 Å². The van der Waals surface area contributed by atoms with E-state index in [2.05, 4.69) is 19.2 Å². The fourth-order valence-corrected chi connectivity index (χ4v) is 2.33. The smallest absolute Gasteiger partial charge is 0.389 e. The maximum Gasteiger partial charge on any atom is 0.406 e. The van der Waals surface area contributed by atoms with Gasteiger partial charge in [-0.15, -0.1) is 0 Å². The summed E-state index contributed by atoms with van der Waals surface area (Å²) in [7, 11) is 0. The van der Waals surface area contributed by atoms with Gasteiger partial charge in [-0.25, -0.2) is 0 Å². The van der Waals surface area contributed by atoms with E-state index in [0.29, 0.717) is 12.5 Å². The van der Waals surface area contributed by atoms with Crippen molar-refractivity contribution in [2.45, 2.75) is 70.2 Å². The zero-order valence-corrected chi connectivity index (χ0v) is 13.0. The third-order valence-electron chi connectivity index (χ3n) is 4.18. The lowest BCUT2D eigenvalue weighted by Gasteiger charge is -2.23. The van der Waals surface area contributed by atoms with Gasteiger partial charge in [0.25, 0.3) is 0 Å². The third kappa shape index (κ3) is 6.12. The van der Waals surface area contributed by atoms with E-state index in [1.807, 2.05) is 0 Å². The first-order valence-corrected chi connectivity index (χ1v) is 7.92. The van der Waals surface area contributed by atoms with E-state index in [9.17, 15) is 18.3 Å². The normalized spacial score (nSPS) is 20.3. The average Bonchev–Trinajstić information content (AvgIpc) is 3.21. The fraction of sp³-hybridized carbons (Fsp3) is 1.00. The summed E-state index contributed by atoms with van der Waals surface area (Å²) in [5.74, 6) is 0.468. The van der Waals surface area contributed by atoms with E-state index in [-0.39, 0.29) is 26.0 Å². The molecule has 1 aliphatic carbocycles. The van der Waals surface area contributed by atoms with Crippen molar-refractivity contribution >= 4 is 0 Å². The number of rotatable bonds is 11. The molecule has 0 aromatic carbocycles. The highest BCUT2D eigenvalue weighted by Crippen LogP contribution is 2.48. The van der Waals surface area contributed by atoms with Crippen molar-refractivity contribution in [1.29, 1.82) is 0 Å². The standard InChI is InChI=1S/C15H28F3NO2/c1-3-5-6-12(4-2)10-21-11-13(20)9-19-14(7-8-14)15(16,17)18/h12-13,19-20H,3-11H2,1-2H3. The molecule has 0 radical (unpaired) electrons. The molecule has 0 saturated heterocycles. The van der Waals surface area contributed by atoms with Crippen LogP contribution >= 0.6 is 0 Å². The van der Waals surface area contributed by atoms with E-state index in [0.717, 1.165) is 25.7 Å². The molecule has 1 saturated carbocycles. The summed E-state index contributed by atoms with van der Waals surface area (Å²) >= 11 is 0. The van der Waals surface area contributed by atoms with Crippen LogP contribution in [0.4, 0.5) is 13.2 Å². The summed E-state index contributed by atoms with van der Waals surface area (Å²) in [4.78, 5) is 0. The van der Waals surface area contributed by atoms with Gasteiger partial charge in [-0.2, -0.15) is 13.2 Å². The van der Waals surface area contributed by atoms with Gasteiger partial charge in [0, 0.05) is 13.2 Å². The van der Waals surface area contributed by atoms with Gasteiger partial charge in [0.1, 0.15) is 5.54 Å². The van der Waals surface area contributed by atoms with Gasteiger partial charge in [-0.3, -0.25) is 0 Å². The van der Waals surface area contributed by atoms with Crippen molar-refractivity contribution in [2.75, 3.05) is 19.8 Å². The number of halogens is 3. The Balaban J connectivity index is 2.15. The number of hydrogen-bond donors (Lipinski definition) is 2. The van der Waals surface area contributed by atoms with E-state index in [1.165, 1.54) is 0 Å². The van der Waals surface area contributed by atoms with Crippen LogP contribution in [0.15, 0.2) is 0 Å². The molecule has 0 amide bonds. The van der Waals surface area contributed by atoms with Crippen molar-refractivity contribution in [3.8, 4) is 0 Å². The highest BCUT2D eigenvalue weighted by Gasteiger charge is 2.63. The molecule has 0 aromatic rings. The topological polar surface area (TPSA) is 41.5 Å². The Morgan fingerprint density at radius 2 is 1.90 bits per heavy atom. The summed E-state index contributed by atoms with van der Waals surface area (Å²) in [5.41, 5.74) is -1.76. The molecule has 126 valence electrons. The van der Waals surface area contributed by atoms with Crippen LogP contribution in [0, 0.1) is 5.92 Å². The molecule has 21 heavy (non-hydrogen) atoms. The highest BCUT2D eigenvalue weighted by atomic mass is 19.4. The minimum absolute atomic E-state index is 0.0781. The number of hydrogen-bond acceptors (Lipinski definition) is 3. The highest BCUT2D eigenvalue weighted by molar-refractivity contribution is 5.08. The van der Waals surface area contributed by atoms with Crippen molar-refractivity contribution in [2.24, 2.45) is 5.92 Å². The van der Waals surface area contributed by atoms with E-state index in [4.69, 9.17) is 4.74 Å². The molecule has 2 unspecified atom stereocenters. The van der Waals surface area contributed by atoms with E-state index >= 15 is 0 Å². The quantitative estimate of drug-likeness (QED) is 0.615. The van der Waals surface area contributed by atoms with Gasteiger partial charge in [0.15, 0.2) is 0 Å². The van der Waals surface area contributed by atoms with Gasteiger partial charge >= 0.3 is 6.18 Å². The minimum atomic E-state index is -4.24. The predicted molar refractivity (Wildman–Crippen MR) is 76.2 cm³/mol. The van der Waals surface area contributed by atoms with Gasteiger partial charge in [0.2, 0.25) is 0 Å². The van der Waals surface area contributed by atoms with Crippen molar-refractivity contribution in [3.63, 3.8) is 0 Å². The number of alkyl halides is 3. The number of aliphatic hydroxyl groups excluding tert-OH is 1. The maximum absolute atomic E-state index is 12.7. The predicted octanol–water partition coefficient (Wildman–Crippen LogP) is 3.26. The van der Waals surface area contributed by atoms with Crippen LogP contribution in [-0.2, 0) is 4.74 Å². The lowest BCUT2D eigenvalue weighted by atomic mass is 10.0. The monoisotopic (exact) mass is 311 g/mol. The molecule has 0 aliphatic heterocycles. The van der Waals surface area contributed by atoms with Gasteiger partial charge in [-0.1, -0.05) is 33.1 Å². The Kier molecular flexibility index (Phi) is 7.44. The molecular weight excluding hydrogens is 283 g/mol. The molecule has 0 aromatic heterocycles. The van der Waals surface area contributed by atoms with Crippen LogP contribution in [0.5, 0.6) is 0 Å². The molecule has 2 atom stereocenters. The molecule has 1 fully saturated rings. The second-order valence-corrected chi connectivity index (χ2v) is 6.07. The lowest BCUT2D eigenvalue weighted by molar-refractivity contribution is -0.167. The van der Waals surface area contributed by atoms with E-state index < -0.39 is 17.8 Å². The van der Waals surface area contributed by atoms with Crippen LogP contribution in [-0.4, -0.2) is 42.7 Å². The summed E-state index contributed by atoms with van der Waals surface area (Å²) in [6.45, 7) is 4.81. The molecule has 3 nitrogen and oxygen atoms in total. The van der Waals surface area contributed by atoms with Crippen molar-refractivity contribution in [3.05, 3.63) is 0 Å². The Hall–Kier alpha value is -0.330. The SMILES string of the molecule is CCCCC(CC)COCC(O)CNC1(C(F)(F)F)CC1. The van der Waals surface area contributed by atoms with Gasteiger partial charge in [0.05, 0.1) is 12.7 Å². The molecular formula is C15H28F3NO2. The number of β-amino-alcohol motifs (C(OH)–C–C–N with tert-alkyl or cyclic N) is 1. The van der Waals surface area contributed by atoms with E-state index in [1.54, 1.807) is 0 Å². The Morgan fingerprint density at radius 1 is 1.24 bits per heavy atom. The number of aliphatic hydroxyl groups is 1. The summed E-state index contributed by atoms with van der Waals surface area (Å²) in [6, 6.07) is 0. The summed E-state index contributed by atoms with van der Waals surface area (Å²) in [6.07, 6.45) is -0.528. The second kappa shape index (κ2) is 8.34. The third-order valence-corrected chi connectivity index (χ3v) is 4.18. The first kappa shape index (κ1) is 18.7. The number of unbranched alkanes of at least 4 members (excludes halogenated alkanes) is 1. The van der Waals surface area contributed by atoms with Crippen LogP contribution in [0.25, 0.3) is 0 Å². The number of nitrogens with one attached hydrogen (secondary N) is 1. The van der Waals surface area contributed by atoms with Crippen LogP contribution in [0.3, 0.4) is 0 Å². The van der Waals surface area contributed by atoms with Crippen LogP contribution in [0.2, 0.25) is 0 Å². The van der Waals surface area contributed by atoms with Crippen LogP contribution in [0.1, 0.15) is 52.4 Å². The second-order valence-electron chi connectivity index (χ2n) is 6.07. The molecule has 0 spiro atoms. The first-order valence-electron chi connectivity index (χ1n) is 7.92. The largest absolute Gasteiger partial charge is 0.406 e.